The molecule has 112 valence electrons. The Morgan fingerprint density at radius 3 is 2.47 bits per heavy atom. The number of hydrogen-bond acceptors (Lipinski definition) is 3. The minimum Gasteiger partial charge on any atom is -0.358 e. The zero-order chi connectivity index (χ0) is 14.6. The Labute approximate surface area is 118 Å². The number of carbonyl (C=O) groups is 1. The third-order valence-electron chi connectivity index (χ3n) is 4.72. The molecule has 0 spiro atoms. The zero-order valence-corrected chi connectivity index (χ0v) is 13.2. The van der Waals surface area contributed by atoms with Crippen LogP contribution in [0.1, 0.15) is 40.0 Å². The van der Waals surface area contributed by atoms with Gasteiger partial charge in [-0.3, -0.25) is 9.69 Å². The van der Waals surface area contributed by atoms with Crippen molar-refractivity contribution >= 4 is 5.91 Å². The predicted molar refractivity (Wildman–Crippen MR) is 79.8 cm³/mol. The molecule has 0 heterocycles. The first-order valence-corrected chi connectivity index (χ1v) is 7.40. The fourth-order valence-electron chi connectivity index (χ4n) is 3.23. The highest BCUT2D eigenvalue weighted by Crippen LogP contribution is 2.41. The van der Waals surface area contributed by atoms with Gasteiger partial charge in [-0.2, -0.15) is 0 Å². The van der Waals surface area contributed by atoms with Gasteiger partial charge in [0.15, 0.2) is 0 Å². The molecule has 0 aromatic heterocycles. The van der Waals surface area contributed by atoms with Gasteiger partial charge < -0.3 is 11.1 Å². The van der Waals surface area contributed by atoms with Crippen LogP contribution < -0.4 is 11.1 Å². The van der Waals surface area contributed by atoms with Crippen LogP contribution in [0.25, 0.3) is 0 Å². The molecular formula is C15H31N3O. The van der Waals surface area contributed by atoms with E-state index >= 15 is 0 Å². The van der Waals surface area contributed by atoms with E-state index in [0.717, 1.165) is 13.0 Å². The van der Waals surface area contributed by atoms with Crippen LogP contribution >= 0.6 is 0 Å². The van der Waals surface area contributed by atoms with Gasteiger partial charge in [0.25, 0.3) is 0 Å². The quantitative estimate of drug-likeness (QED) is 0.812. The second kappa shape index (κ2) is 6.71. The number of amides is 1. The molecule has 19 heavy (non-hydrogen) atoms. The lowest BCUT2D eigenvalue weighted by atomic mass is 9.67. The molecule has 0 bridgehead atoms. The van der Waals surface area contributed by atoms with Crippen molar-refractivity contribution in [2.45, 2.75) is 46.1 Å². The summed E-state index contributed by atoms with van der Waals surface area (Å²) in [6.07, 6.45) is 3.59. The Morgan fingerprint density at radius 2 is 2.00 bits per heavy atom. The van der Waals surface area contributed by atoms with Gasteiger partial charge >= 0.3 is 0 Å². The molecule has 1 aliphatic rings. The first-order chi connectivity index (χ1) is 8.79. The average Bonchev–Trinajstić information content (AvgIpc) is 2.36. The van der Waals surface area contributed by atoms with Crippen molar-refractivity contribution in [1.82, 2.24) is 10.2 Å². The highest BCUT2D eigenvalue weighted by Gasteiger charge is 2.37. The minimum atomic E-state index is 0.0798. The molecule has 3 unspecified atom stereocenters. The molecular weight excluding hydrogens is 238 g/mol. The summed E-state index contributed by atoms with van der Waals surface area (Å²) in [5, 5.41) is 2.70. The van der Waals surface area contributed by atoms with Gasteiger partial charge in [0, 0.05) is 13.1 Å². The molecule has 1 rings (SSSR count). The van der Waals surface area contributed by atoms with Crippen molar-refractivity contribution in [3.8, 4) is 0 Å². The number of carbonyl (C=O) groups excluding carboxylic acids is 1. The fraction of sp³-hybridized carbons (Fsp3) is 0.933. The van der Waals surface area contributed by atoms with Gasteiger partial charge in [-0.25, -0.2) is 0 Å². The van der Waals surface area contributed by atoms with Crippen LogP contribution in [0, 0.1) is 17.3 Å². The summed E-state index contributed by atoms with van der Waals surface area (Å²) in [4.78, 5) is 13.7. The Hall–Kier alpha value is -0.610. The van der Waals surface area contributed by atoms with E-state index in [1.165, 1.54) is 12.8 Å². The van der Waals surface area contributed by atoms with Gasteiger partial charge in [0.1, 0.15) is 0 Å². The van der Waals surface area contributed by atoms with Crippen molar-refractivity contribution in [2.75, 3.05) is 27.2 Å². The number of rotatable bonds is 4. The normalized spacial score (nSPS) is 28.5. The smallest absolute Gasteiger partial charge is 0.233 e. The van der Waals surface area contributed by atoms with Crippen LogP contribution in [0.5, 0.6) is 0 Å². The standard InChI is InChI=1S/C15H31N3O/c1-15(2,3)12-7-6-11(9-16)13(8-12)18(5)10-14(19)17-4/h11-13H,6-10,16H2,1-5H3,(H,17,19). The minimum absolute atomic E-state index is 0.0798. The monoisotopic (exact) mass is 269 g/mol. The molecule has 0 aliphatic heterocycles. The maximum absolute atomic E-state index is 11.6. The SMILES string of the molecule is CNC(=O)CN(C)C1CC(C(C)(C)C)CCC1CN. The van der Waals surface area contributed by atoms with Crippen LogP contribution in [0.3, 0.4) is 0 Å². The Kier molecular flexibility index (Phi) is 5.81. The lowest BCUT2D eigenvalue weighted by Crippen LogP contribution is -2.49. The third kappa shape index (κ3) is 4.46. The van der Waals surface area contributed by atoms with E-state index in [9.17, 15) is 4.79 Å². The molecule has 3 N–H and O–H groups in total. The van der Waals surface area contributed by atoms with Crippen molar-refractivity contribution in [2.24, 2.45) is 23.0 Å². The molecule has 1 fully saturated rings. The number of nitrogens with one attached hydrogen (secondary N) is 1. The molecule has 4 heteroatoms. The maximum Gasteiger partial charge on any atom is 0.233 e. The van der Waals surface area contributed by atoms with Crippen LogP contribution in [0.4, 0.5) is 0 Å². The second-order valence-corrected chi connectivity index (χ2v) is 7.03. The Balaban J connectivity index is 2.72. The van der Waals surface area contributed by atoms with E-state index in [-0.39, 0.29) is 5.91 Å². The van der Waals surface area contributed by atoms with Crippen molar-refractivity contribution in [3.05, 3.63) is 0 Å². The summed E-state index contributed by atoms with van der Waals surface area (Å²) < 4.78 is 0. The summed E-state index contributed by atoms with van der Waals surface area (Å²) in [6, 6.07) is 0.431. The molecule has 0 aromatic carbocycles. The van der Waals surface area contributed by atoms with E-state index in [0.29, 0.717) is 29.8 Å². The highest BCUT2D eigenvalue weighted by atomic mass is 16.1. The molecule has 1 amide bonds. The third-order valence-corrected chi connectivity index (χ3v) is 4.72. The number of nitrogens with zero attached hydrogens (tertiary/aromatic N) is 1. The second-order valence-electron chi connectivity index (χ2n) is 7.03. The van der Waals surface area contributed by atoms with Gasteiger partial charge in [-0.05, 0) is 50.1 Å². The van der Waals surface area contributed by atoms with E-state index in [1.54, 1.807) is 7.05 Å². The van der Waals surface area contributed by atoms with E-state index < -0.39 is 0 Å². The van der Waals surface area contributed by atoms with Gasteiger partial charge in [0.2, 0.25) is 5.91 Å². The van der Waals surface area contributed by atoms with Gasteiger partial charge in [0.05, 0.1) is 6.54 Å². The highest BCUT2D eigenvalue weighted by molar-refractivity contribution is 5.77. The summed E-state index contributed by atoms with van der Waals surface area (Å²) in [6.45, 7) is 8.14. The van der Waals surface area contributed by atoms with E-state index in [4.69, 9.17) is 5.73 Å². The Bertz CT molecular complexity index is 298. The summed E-state index contributed by atoms with van der Waals surface area (Å²) in [5.41, 5.74) is 6.26. The maximum atomic E-state index is 11.6. The Morgan fingerprint density at radius 1 is 1.37 bits per heavy atom. The fourth-order valence-corrected chi connectivity index (χ4v) is 3.23. The van der Waals surface area contributed by atoms with Gasteiger partial charge in [-0.1, -0.05) is 20.8 Å². The van der Waals surface area contributed by atoms with Crippen LogP contribution in [0.15, 0.2) is 0 Å². The lowest BCUT2D eigenvalue weighted by Gasteiger charge is -2.44. The number of hydrogen-bond donors (Lipinski definition) is 2. The average molecular weight is 269 g/mol. The largest absolute Gasteiger partial charge is 0.358 e. The van der Waals surface area contributed by atoms with E-state index in [2.05, 4.69) is 31.0 Å². The van der Waals surface area contributed by atoms with Crippen LogP contribution in [-0.4, -0.2) is 44.0 Å². The number of likely N-dealkylation sites (N-methyl/N-ethyl adjacent to an activating group) is 2. The zero-order valence-electron chi connectivity index (χ0n) is 13.2. The first-order valence-electron chi connectivity index (χ1n) is 7.40. The van der Waals surface area contributed by atoms with Gasteiger partial charge in [-0.15, -0.1) is 0 Å². The molecule has 3 atom stereocenters. The van der Waals surface area contributed by atoms with Crippen molar-refractivity contribution < 1.29 is 4.79 Å². The summed E-state index contributed by atoms with van der Waals surface area (Å²) >= 11 is 0. The predicted octanol–water partition coefficient (Wildman–Crippen LogP) is 1.45. The van der Waals surface area contributed by atoms with Crippen molar-refractivity contribution in [1.29, 1.82) is 0 Å². The number of nitrogens with two attached hydrogens (primary N) is 1. The molecule has 1 aliphatic carbocycles. The summed E-state index contributed by atoms with van der Waals surface area (Å²) in [5.74, 6) is 1.32. The lowest BCUT2D eigenvalue weighted by molar-refractivity contribution is -0.122. The topological polar surface area (TPSA) is 58.4 Å². The first kappa shape index (κ1) is 16.4. The summed E-state index contributed by atoms with van der Waals surface area (Å²) in [7, 11) is 3.74. The van der Waals surface area contributed by atoms with Crippen LogP contribution in [0.2, 0.25) is 0 Å². The molecule has 0 radical (unpaired) electrons. The van der Waals surface area contributed by atoms with Crippen LogP contribution in [-0.2, 0) is 4.79 Å². The van der Waals surface area contributed by atoms with E-state index in [1.807, 2.05) is 7.05 Å². The molecule has 4 nitrogen and oxygen atoms in total. The molecule has 0 saturated heterocycles. The molecule has 1 saturated carbocycles. The van der Waals surface area contributed by atoms with Crippen molar-refractivity contribution in [3.63, 3.8) is 0 Å². The molecule has 0 aromatic rings.